The quantitative estimate of drug-likeness (QED) is 0.835. The number of nitrogens with zero attached hydrogens (tertiary/aromatic N) is 4. The number of aromatic nitrogens is 3. The van der Waals surface area contributed by atoms with Gasteiger partial charge in [0.2, 0.25) is 5.91 Å². The maximum Gasteiger partial charge on any atom is 0.249 e. The largest absolute Gasteiger partial charge is 0.368 e. The van der Waals surface area contributed by atoms with Crippen LogP contribution in [0.2, 0.25) is 0 Å². The van der Waals surface area contributed by atoms with Gasteiger partial charge in [-0.1, -0.05) is 12.1 Å². The molecule has 0 aromatic carbocycles. The van der Waals surface area contributed by atoms with Gasteiger partial charge in [0.1, 0.15) is 0 Å². The summed E-state index contributed by atoms with van der Waals surface area (Å²) in [4.78, 5) is 19.5. The van der Waals surface area contributed by atoms with Crippen LogP contribution < -0.4 is 0 Å². The highest BCUT2D eigenvalue weighted by atomic mass is 16.5. The predicted octanol–water partition coefficient (Wildman–Crippen LogP) is 3.01. The van der Waals surface area contributed by atoms with Gasteiger partial charge < -0.3 is 9.64 Å². The van der Waals surface area contributed by atoms with E-state index in [4.69, 9.17) is 4.74 Å². The number of fused-ring (bicyclic) bond motifs is 1. The number of allylic oxidation sites excluding steroid dienone is 1. The van der Waals surface area contributed by atoms with Crippen LogP contribution in [0.15, 0.2) is 42.1 Å². The van der Waals surface area contributed by atoms with E-state index in [0.29, 0.717) is 26.2 Å². The number of pyridine rings is 1. The van der Waals surface area contributed by atoms with Crippen molar-refractivity contribution in [3.05, 3.63) is 59.2 Å². The van der Waals surface area contributed by atoms with Crippen LogP contribution in [0.4, 0.5) is 0 Å². The van der Waals surface area contributed by atoms with Crippen molar-refractivity contribution in [1.29, 1.82) is 0 Å². The van der Waals surface area contributed by atoms with Gasteiger partial charge >= 0.3 is 0 Å². The molecule has 0 bridgehead atoms. The topological polar surface area (TPSA) is 60.2 Å². The minimum Gasteiger partial charge on any atom is -0.368 e. The molecule has 1 amide bonds. The van der Waals surface area contributed by atoms with E-state index in [1.807, 2.05) is 40.8 Å². The minimum absolute atomic E-state index is 0.110. The number of aryl methyl sites for hydroxylation is 1. The molecule has 0 fully saturated rings. The predicted molar refractivity (Wildman–Crippen MR) is 102 cm³/mol. The maximum absolute atomic E-state index is 13.1. The van der Waals surface area contributed by atoms with Crippen LogP contribution in [0, 0.1) is 6.92 Å². The van der Waals surface area contributed by atoms with Gasteiger partial charge in [-0.3, -0.25) is 14.5 Å². The van der Waals surface area contributed by atoms with Crippen molar-refractivity contribution in [3.8, 4) is 0 Å². The Hall–Kier alpha value is -2.47. The van der Waals surface area contributed by atoms with E-state index in [-0.39, 0.29) is 12.0 Å². The van der Waals surface area contributed by atoms with Gasteiger partial charge in [-0.05, 0) is 50.8 Å². The summed E-state index contributed by atoms with van der Waals surface area (Å²) in [6, 6.07) is 7.92. The lowest BCUT2D eigenvalue weighted by Gasteiger charge is -2.26. The monoisotopic (exact) mass is 366 g/mol. The molecule has 1 aliphatic heterocycles. The summed E-state index contributed by atoms with van der Waals surface area (Å²) in [5.41, 5.74) is 3.90. The van der Waals surface area contributed by atoms with E-state index in [0.717, 1.165) is 41.9 Å². The summed E-state index contributed by atoms with van der Waals surface area (Å²) in [7, 11) is 0. The van der Waals surface area contributed by atoms with Crippen molar-refractivity contribution in [3.63, 3.8) is 0 Å². The molecule has 3 heterocycles. The zero-order valence-corrected chi connectivity index (χ0v) is 15.8. The Bertz CT molecular complexity index is 842. The maximum atomic E-state index is 13.1. The second-order valence-corrected chi connectivity index (χ2v) is 7.37. The second kappa shape index (κ2) is 8.05. The fourth-order valence-corrected chi connectivity index (χ4v) is 3.79. The van der Waals surface area contributed by atoms with Crippen molar-refractivity contribution in [2.75, 3.05) is 6.54 Å². The average molecular weight is 366 g/mol. The Morgan fingerprint density at radius 3 is 3.00 bits per heavy atom. The highest BCUT2D eigenvalue weighted by Gasteiger charge is 2.28. The van der Waals surface area contributed by atoms with Crippen molar-refractivity contribution in [2.24, 2.45) is 0 Å². The van der Waals surface area contributed by atoms with E-state index in [2.05, 4.69) is 16.2 Å². The average Bonchev–Trinajstić information content (AvgIpc) is 3.04. The number of rotatable bonds is 4. The summed E-state index contributed by atoms with van der Waals surface area (Å²) in [5.74, 6) is 0.145. The van der Waals surface area contributed by atoms with E-state index >= 15 is 0 Å². The third kappa shape index (κ3) is 4.27. The highest BCUT2D eigenvalue weighted by Crippen LogP contribution is 2.22. The smallest absolute Gasteiger partial charge is 0.249 e. The molecule has 4 rings (SSSR count). The van der Waals surface area contributed by atoms with Gasteiger partial charge in [-0.2, -0.15) is 5.10 Å². The number of carbonyl (C=O) groups excluding carboxylic acids is 1. The molecular formula is C21H26N4O2. The standard InChI is InChI=1S/C21H26N4O2/c1-16-6-5-9-18(23-16)15-27-20-13-24(12-19-10-11-22-25(19)14-20)21(26)17-7-3-2-4-8-17/h5-7,9-11,20H,2-4,8,12-15H2,1H3/t20-/m1/s1. The summed E-state index contributed by atoms with van der Waals surface area (Å²) in [5, 5.41) is 4.41. The lowest BCUT2D eigenvalue weighted by atomic mass is 9.98. The Labute approximate surface area is 159 Å². The Kier molecular flexibility index (Phi) is 5.34. The first-order valence-corrected chi connectivity index (χ1v) is 9.72. The minimum atomic E-state index is -0.110. The first-order chi connectivity index (χ1) is 13.2. The van der Waals surface area contributed by atoms with Gasteiger partial charge in [0.05, 0.1) is 37.2 Å². The van der Waals surface area contributed by atoms with Crippen molar-refractivity contribution in [2.45, 2.75) is 58.4 Å². The zero-order chi connectivity index (χ0) is 18.6. The summed E-state index contributed by atoms with van der Waals surface area (Å²) in [6.07, 6.45) is 7.96. The van der Waals surface area contributed by atoms with E-state index in [1.165, 1.54) is 6.42 Å². The normalized spacial score (nSPS) is 20.0. The van der Waals surface area contributed by atoms with Crippen LogP contribution in [-0.4, -0.2) is 38.2 Å². The third-order valence-corrected chi connectivity index (χ3v) is 5.22. The molecule has 0 saturated heterocycles. The number of carbonyl (C=O) groups is 1. The molecule has 1 aliphatic carbocycles. The molecule has 2 aliphatic rings. The van der Waals surface area contributed by atoms with Crippen LogP contribution in [-0.2, 0) is 29.2 Å². The molecule has 0 radical (unpaired) electrons. The van der Waals surface area contributed by atoms with Crippen molar-refractivity contribution in [1.82, 2.24) is 19.7 Å². The summed E-state index contributed by atoms with van der Waals surface area (Å²) < 4.78 is 8.12. The number of hydrogen-bond donors (Lipinski definition) is 0. The van der Waals surface area contributed by atoms with E-state index < -0.39 is 0 Å². The van der Waals surface area contributed by atoms with Gasteiger partial charge in [-0.25, -0.2) is 0 Å². The first-order valence-electron chi connectivity index (χ1n) is 9.72. The first kappa shape index (κ1) is 17.9. The van der Waals surface area contributed by atoms with E-state index in [1.54, 1.807) is 6.20 Å². The highest BCUT2D eigenvalue weighted by molar-refractivity contribution is 5.93. The Morgan fingerprint density at radius 1 is 1.26 bits per heavy atom. The molecule has 27 heavy (non-hydrogen) atoms. The van der Waals surface area contributed by atoms with Crippen LogP contribution in [0.1, 0.15) is 42.8 Å². The molecule has 0 saturated carbocycles. The summed E-state index contributed by atoms with van der Waals surface area (Å²) in [6.45, 7) is 4.22. The summed E-state index contributed by atoms with van der Waals surface area (Å²) >= 11 is 0. The number of ether oxygens (including phenoxy) is 1. The van der Waals surface area contributed by atoms with Crippen LogP contribution >= 0.6 is 0 Å². The van der Waals surface area contributed by atoms with E-state index in [9.17, 15) is 4.79 Å². The Balaban J connectivity index is 1.49. The fraction of sp³-hybridized carbons (Fsp3) is 0.476. The van der Waals surface area contributed by atoms with Gasteiger partial charge in [0, 0.05) is 24.0 Å². The zero-order valence-electron chi connectivity index (χ0n) is 15.8. The molecule has 142 valence electrons. The third-order valence-electron chi connectivity index (χ3n) is 5.22. The van der Waals surface area contributed by atoms with Gasteiger partial charge in [0.25, 0.3) is 0 Å². The molecule has 1 atom stereocenters. The van der Waals surface area contributed by atoms with Crippen molar-refractivity contribution < 1.29 is 9.53 Å². The lowest BCUT2D eigenvalue weighted by Crippen LogP contribution is -2.38. The van der Waals surface area contributed by atoms with Crippen LogP contribution in [0.5, 0.6) is 0 Å². The van der Waals surface area contributed by atoms with Crippen molar-refractivity contribution >= 4 is 5.91 Å². The molecule has 0 unspecified atom stereocenters. The molecule has 2 aromatic heterocycles. The molecule has 0 N–H and O–H groups in total. The second-order valence-electron chi connectivity index (χ2n) is 7.37. The molecular weight excluding hydrogens is 340 g/mol. The van der Waals surface area contributed by atoms with Crippen LogP contribution in [0.25, 0.3) is 0 Å². The molecule has 2 aromatic rings. The van der Waals surface area contributed by atoms with Crippen LogP contribution in [0.3, 0.4) is 0 Å². The van der Waals surface area contributed by atoms with Gasteiger partial charge in [0.15, 0.2) is 0 Å². The number of amides is 1. The SMILES string of the molecule is Cc1cccc(CO[C@@H]2CN(C(=O)C3=CCCCC3)Cc3ccnn3C2)n1. The van der Waals surface area contributed by atoms with Gasteiger partial charge in [-0.15, -0.1) is 0 Å². The molecule has 0 spiro atoms. The molecule has 6 heteroatoms. The molecule has 6 nitrogen and oxygen atoms in total. The lowest BCUT2D eigenvalue weighted by molar-refractivity contribution is -0.130. The Morgan fingerprint density at radius 2 is 2.19 bits per heavy atom. The fourth-order valence-electron chi connectivity index (χ4n) is 3.79. The number of hydrogen-bond acceptors (Lipinski definition) is 4.